The minimum Gasteiger partial charge on any atom is -0.459 e. The van der Waals surface area contributed by atoms with Gasteiger partial charge < -0.3 is 18.9 Å². The highest BCUT2D eigenvalue weighted by Crippen LogP contribution is 2.50. The van der Waals surface area contributed by atoms with E-state index in [4.69, 9.17) is 18.9 Å². The fourth-order valence-corrected chi connectivity index (χ4v) is 4.48. The molecule has 0 spiro atoms. The SMILES string of the molecule is COC1C=CC2(c3cc4c(cc3C=O)OCO4)C(OC(C)=O)CN(N=O)C2C1. The maximum absolute atomic E-state index is 11.9. The van der Waals surface area contributed by atoms with Gasteiger partial charge in [-0.05, 0) is 17.7 Å². The fourth-order valence-electron chi connectivity index (χ4n) is 4.48. The number of carbonyl (C=O) groups is 2. The topological polar surface area (TPSA) is 104 Å². The lowest BCUT2D eigenvalue weighted by Crippen LogP contribution is -2.50. The number of fused-ring (bicyclic) bond motifs is 2. The zero-order chi connectivity index (χ0) is 19.9. The van der Waals surface area contributed by atoms with Crippen LogP contribution in [0.5, 0.6) is 11.5 Å². The molecule has 3 aliphatic rings. The molecule has 0 radical (unpaired) electrons. The second-order valence-corrected chi connectivity index (χ2v) is 7.03. The lowest BCUT2D eigenvalue weighted by atomic mass is 9.66. The van der Waals surface area contributed by atoms with Crippen LogP contribution in [0.3, 0.4) is 0 Å². The minimum absolute atomic E-state index is 0.0600. The average molecular weight is 388 g/mol. The van der Waals surface area contributed by atoms with E-state index in [2.05, 4.69) is 5.29 Å². The van der Waals surface area contributed by atoms with Gasteiger partial charge in [-0.3, -0.25) is 14.6 Å². The van der Waals surface area contributed by atoms with Gasteiger partial charge >= 0.3 is 5.97 Å². The van der Waals surface area contributed by atoms with Crippen LogP contribution in [0.4, 0.5) is 0 Å². The first kappa shape index (κ1) is 18.4. The van der Waals surface area contributed by atoms with Crippen molar-refractivity contribution < 1.29 is 28.5 Å². The molecular weight excluding hydrogens is 368 g/mol. The summed E-state index contributed by atoms with van der Waals surface area (Å²) in [4.78, 5) is 35.3. The maximum atomic E-state index is 11.9. The molecule has 1 aromatic carbocycles. The molecule has 9 nitrogen and oxygen atoms in total. The molecule has 4 atom stereocenters. The van der Waals surface area contributed by atoms with Gasteiger partial charge in [0.05, 0.1) is 29.4 Å². The Kier molecular flexibility index (Phi) is 4.54. The molecule has 0 amide bonds. The maximum Gasteiger partial charge on any atom is 0.303 e. The van der Waals surface area contributed by atoms with Crippen molar-refractivity contribution >= 4 is 12.3 Å². The number of methoxy groups -OCH3 is 1. The molecule has 148 valence electrons. The Hall–Kier alpha value is -2.94. The summed E-state index contributed by atoms with van der Waals surface area (Å²) in [6, 6.07) is 2.87. The number of hydrogen-bond acceptors (Lipinski definition) is 8. The van der Waals surface area contributed by atoms with E-state index in [1.807, 2.05) is 12.2 Å². The van der Waals surface area contributed by atoms with E-state index in [0.717, 1.165) is 6.29 Å². The van der Waals surface area contributed by atoms with Gasteiger partial charge in [0.25, 0.3) is 0 Å². The smallest absolute Gasteiger partial charge is 0.303 e. The van der Waals surface area contributed by atoms with Gasteiger partial charge in [-0.2, -0.15) is 0 Å². The summed E-state index contributed by atoms with van der Waals surface area (Å²) in [5, 5.41) is 4.52. The highest BCUT2D eigenvalue weighted by Gasteiger charge is 2.59. The summed E-state index contributed by atoms with van der Waals surface area (Å²) in [5.74, 6) is 0.488. The van der Waals surface area contributed by atoms with Crippen LogP contribution < -0.4 is 9.47 Å². The summed E-state index contributed by atoms with van der Waals surface area (Å²) in [6.07, 6.45) is 3.96. The first-order chi connectivity index (χ1) is 13.5. The van der Waals surface area contributed by atoms with Crippen LogP contribution in [-0.4, -0.2) is 56.0 Å². The van der Waals surface area contributed by atoms with Crippen LogP contribution in [0.2, 0.25) is 0 Å². The van der Waals surface area contributed by atoms with Crippen LogP contribution >= 0.6 is 0 Å². The highest BCUT2D eigenvalue weighted by molar-refractivity contribution is 5.81. The third kappa shape index (κ3) is 2.65. The van der Waals surface area contributed by atoms with Crippen LogP contribution in [-0.2, 0) is 19.7 Å². The molecular formula is C19H20N2O7. The van der Waals surface area contributed by atoms with E-state index in [1.54, 1.807) is 19.2 Å². The van der Waals surface area contributed by atoms with Gasteiger partial charge in [-0.1, -0.05) is 12.2 Å². The Morgan fingerprint density at radius 1 is 1.36 bits per heavy atom. The van der Waals surface area contributed by atoms with Gasteiger partial charge in [0.15, 0.2) is 17.8 Å². The summed E-state index contributed by atoms with van der Waals surface area (Å²) in [6.45, 7) is 1.48. The predicted molar refractivity (Wildman–Crippen MR) is 96.0 cm³/mol. The van der Waals surface area contributed by atoms with E-state index in [9.17, 15) is 14.5 Å². The quantitative estimate of drug-likeness (QED) is 0.325. The number of nitroso groups, excluding NO2 is 1. The van der Waals surface area contributed by atoms with Gasteiger partial charge in [-0.15, -0.1) is 4.91 Å². The zero-order valence-corrected chi connectivity index (χ0v) is 15.5. The van der Waals surface area contributed by atoms with E-state index in [0.29, 0.717) is 29.0 Å². The molecule has 4 unspecified atom stereocenters. The summed E-state index contributed by atoms with van der Waals surface area (Å²) in [5.41, 5.74) is 0.0193. The normalized spacial score (nSPS) is 30.1. The van der Waals surface area contributed by atoms with Crippen LogP contribution in [0, 0.1) is 4.91 Å². The van der Waals surface area contributed by atoms with Crippen LogP contribution in [0.25, 0.3) is 0 Å². The molecule has 0 N–H and O–H groups in total. The Morgan fingerprint density at radius 3 is 2.75 bits per heavy atom. The van der Waals surface area contributed by atoms with E-state index >= 15 is 0 Å². The molecule has 1 aliphatic carbocycles. The number of aldehydes is 1. The molecule has 9 heteroatoms. The molecule has 2 aliphatic heterocycles. The molecule has 1 fully saturated rings. The van der Waals surface area contributed by atoms with Crippen molar-refractivity contribution in [2.75, 3.05) is 20.4 Å². The van der Waals surface area contributed by atoms with E-state index < -0.39 is 23.5 Å². The summed E-state index contributed by atoms with van der Waals surface area (Å²) >= 11 is 0. The van der Waals surface area contributed by atoms with Crippen molar-refractivity contribution in [3.63, 3.8) is 0 Å². The summed E-state index contributed by atoms with van der Waals surface area (Å²) in [7, 11) is 1.58. The van der Waals surface area contributed by atoms with Crippen molar-refractivity contribution in [2.45, 2.75) is 37.0 Å². The van der Waals surface area contributed by atoms with E-state index in [1.165, 1.54) is 11.9 Å². The van der Waals surface area contributed by atoms with E-state index in [-0.39, 0.29) is 19.4 Å². The first-order valence-corrected chi connectivity index (χ1v) is 8.92. The van der Waals surface area contributed by atoms with Crippen LogP contribution in [0.1, 0.15) is 29.3 Å². The molecule has 1 saturated heterocycles. The zero-order valence-electron chi connectivity index (χ0n) is 15.5. The van der Waals surface area contributed by atoms with Crippen molar-refractivity contribution in [3.05, 3.63) is 40.3 Å². The fraction of sp³-hybridized carbons (Fsp3) is 0.474. The standard InChI is InChI=1S/C19H20N2O7/c1-11(23)28-18-8-21(20-24)17-6-13(25-2)3-4-19(17,18)14-7-16-15(26-10-27-16)5-12(14)9-22/h3-5,7,9,13,17-18H,6,8,10H2,1-2H3. The van der Waals surface area contributed by atoms with Crippen molar-refractivity contribution in [2.24, 2.45) is 5.29 Å². The first-order valence-electron chi connectivity index (χ1n) is 8.92. The van der Waals surface area contributed by atoms with Gasteiger partial charge in [0.2, 0.25) is 6.79 Å². The largest absolute Gasteiger partial charge is 0.459 e. The number of benzene rings is 1. The second-order valence-electron chi connectivity index (χ2n) is 7.03. The van der Waals surface area contributed by atoms with Crippen LogP contribution in [0.15, 0.2) is 29.6 Å². The second kappa shape index (κ2) is 6.90. The molecule has 0 aromatic heterocycles. The molecule has 2 heterocycles. The number of nitrogens with zero attached hydrogens (tertiary/aromatic N) is 2. The molecule has 0 bridgehead atoms. The van der Waals surface area contributed by atoms with Gasteiger partial charge in [0, 0.05) is 26.0 Å². The Labute approximate surface area is 161 Å². The predicted octanol–water partition coefficient (Wildman–Crippen LogP) is 1.74. The minimum atomic E-state index is -0.953. The lowest BCUT2D eigenvalue weighted by Gasteiger charge is -2.41. The Bertz CT molecular complexity index is 855. The molecule has 28 heavy (non-hydrogen) atoms. The Morgan fingerprint density at radius 2 is 2.11 bits per heavy atom. The van der Waals surface area contributed by atoms with Gasteiger partial charge in [0.1, 0.15) is 6.10 Å². The third-order valence-electron chi connectivity index (χ3n) is 5.69. The summed E-state index contributed by atoms with van der Waals surface area (Å²) < 4.78 is 21.9. The van der Waals surface area contributed by atoms with Crippen molar-refractivity contribution in [3.8, 4) is 11.5 Å². The third-order valence-corrected chi connectivity index (χ3v) is 5.69. The molecule has 0 saturated carbocycles. The number of hydrogen-bond donors (Lipinski definition) is 0. The number of esters is 1. The van der Waals surface area contributed by atoms with Crippen molar-refractivity contribution in [1.29, 1.82) is 0 Å². The number of carbonyl (C=O) groups excluding carboxylic acids is 2. The number of rotatable bonds is 5. The number of ether oxygens (including phenoxy) is 4. The van der Waals surface area contributed by atoms with Gasteiger partial charge in [-0.25, -0.2) is 0 Å². The monoisotopic (exact) mass is 388 g/mol. The average Bonchev–Trinajstić information content (AvgIpc) is 3.28. The Balaban J connectivity index is 1.93. The highest BCUT2D eigenvalue weighted by atomic mass is 16.7. The molecule has 4 rings (SSSR count). The lowest BCUT2D eigenvalue weighted by molar-refractivity contribution is -0.147. The van der Waals surface area contributed by atoms with Crippen molar-refractivity contribution in [1.82, 2.24) is 5.01 Å². The molecule has 1 aromatic rings.